The fourth-order valence-corrected chi connectivity index (χ4v) is 0.427. The summed E-state index contributed by atoms with van der Waals surface area (Å²) in [6, 6.07) is 0. The maximum Gasteiger partial charge on any atom is 0.233 e. The van der Waals surface area contributed by atoms with Gasteiger partial charge in [0.1, 0.15) is 0 Å². The third kappa shape index (κ3) is 4.89. The summed E-state index contributed by atoms with van der Waals surface area (Å²) in [6.07, 6.45) is 0.836. The molecule has 3 N–H and O–H groups in total. The number of rotatable bonds is 4. The van der Waals surface area contributed by atoms with Gasteiger partial charge < -0.3 is 0 Å². The zero-order valence-corrected chi connectivity index (χ0v) is 5.45. The third-order valence-electron chi connectivity index (χ3n) is 0.886. The van der Waals surface area contributed by atoms with Crippen LogP contribution >= 0.6 is 0 Å². The van der Waals surface area contributed by atoms with E-state index >= 15 is 0 Å². The summed E-state index contributed by atoms with van der Waals surface area (Å²) in [5.74, 6) is 4.54. The molecule has 0 fully saturated rings. The van der Waals surface area contributed by atoms with Crippen LogP contribution in [0.5, 0.6) is 0 Å². The Kier molecular flexibility index (Phi) is 5.13. The van der Waals surface area contributed by atoms with Gasteiger partial charge in [-0.05, 0) is 12.0 Å². The number of amides is 1. The minimum Gasteiger partial charge on any atom is -0.294 e. The van der Waals surface area contributed by atoms with Crippen molar-refractivity contribution >= 4 is 5.91 Å². The number of nitrogens with two attached hydrogens (primary N) is 1. The lowest BCUT2D eigenvalue weighted by atomic mass is 10.3. The minimum atomic E-state index is -0.242. The lowest BCUT2D eigenvalue weighted by Gasteiger charge is -1.94. The molecule has 0 saturated heterocycles. The van der Waals surface area contributed by atoms with Crippen LogP contribution in [-0.4, -0.2) is 12.5 Å². The van der Waals surface area contributed by atoms with Gasteiger partial charge in [0.25, 0.3) is 0 Å². The van der Waals surface area contributed by atoms with E-state index in [1.54, 1.807) is 0 Å². The van der Waals surface area contributed by atoms with Crippen molar-refractivity contribution in [3.8, 4) is 0 Å². The van der Waals surface area contributed by atoms with Gasteiger partial charge in [0, 0.05) is 17.9 Å². The average Bonchev–Trinajstić information content (AvgIpc) is 1.98. The monoisotopic (exact) mass is 143 g/mol. The second kappa shape index (κ2) is 5.87. The Morgan fingerprint density at radius 2 is 2.50 bits per heavy atom. The van der Waals surface area contributed by atoms with Crippen LogP contribution in [-0.2, 0) is 4.79 Å². The van der Waals surface area contributed by atoms with Crippen LogP contribution in [0.2, 0.25) is 0 Å². The van der Waals surface area contributed by atoms with Gasteiger partial charge in [-0.25, -0.2) is 5.84 Å². The number of carbonyl (C=O) groups is 1. The first-order valence-electron chi connectivity index (χ1n) is 2.81. The van der Waals surface area contributed by atoms with Crippen molar-refractivity contribution in [2.24, 2.45) is 11.0 Å². The lowest BCUT2D eigenvalue weighted by Crippen LogP contribution is -2.29. The molecule has 0 unspecified atom stereocenters. The number of hydrogen-bond acceptors (Lipinski definition) is 3. The van der Waals surface area contributed by atoms with E-state index in [0.29, 0.717) is 19.4 Å². The third-order valence-corrected chi connectivity index (χ3v) is 0.886. The van der Waals surface area contributed by atoms with Gasteiger partial charge in [0.15, 0.2) is 0 Å². The highest BCUT2D eigenvalue weighted by Gasteiger charge is 1.94. The van der Waals surface area contributed by atoms with Gasteiger partial charge in [-0.15, -0.1) is 0 Å². The molecule has 0 aromatic heterocycles. The first-order chi connectivity index (χ1) is 4.81. The molecule has 0 aliphatic rings. The van der Waals surface area contributed by atoms with Crippen molar-refractivity contribution in [2.45, 2.75) is 12.8 Å². The fourth-order valence-electron chi connectivity index (χ4n) is 0.427. The zero-order valence-electron chi connectivity index (χ0n) is 5.45. The van der Waals surface area contributed by atoms with Gasteiger partial charge >= 0.3 is 0 Å². The number of nitrogens with one attached hydrogen (secondary N) is 1. The van der Waals surface area contributed by atoms with Crippen molar-refractivity contribution < 1.29 is 4.79 Å². The summed E-state index contributed by atoms with van der Waals surface area (Å²) in [7, 11) is 0. The molecule has 6 heteroatoms. The quantitative estimate of drug-likeness (QED) is 0.110. The highest BCUT2D eigenvalue weighted by atomic mass is 16.2. The van der Waals surface area contributed by atoms with E-state index in [4.69, 9.17) is 11.4 Å². The summed E-state index contributed by atoms with van der Waals surface area (Å²) >= 11 is 0. The molecule has 0 aliphatic carbocycles. The second-order valence-corrected chi connectivity index (χ2v) is 1.63. The van der Waals surface area contributed by atoms with Crippen LogP contribution < -0.4 is 11.3 Å². The predicted molar refractivity (Wildman–Crippen MR) is 35.6 cm³/mol. The normalized spacial score (nSPS) is 8.10. The largest absolute Gasteiger partial charge is 0.294 e. The lowest BCUT2D eigenvalue weighted by molar-refractivity contribution is -0.121. The number of hydrazine groups is 1. The standard InChI is InChI=1S/C4H9N5O/c5-8-4(10)2-1-3-7-9-6/h1-3,5H2,(H,8,10). The molecule has 56 valence electrons. The predicted octanol–water partition coefficient (Wildman–Crippen LogP) is 0.0668. The summed E-state index contributed by atoms with van der Waals surface area (Å²) in [6.45, 7) is 0.337. The molecule has 0 bridgehead atoms. The van der Waals surface area contributed by atoms with Gasteiger partial charge in [0.05, 0.1) is 0 Å². The Morgan fingerprint density at radius 3 is 3.00 bits per heavy atom. The van der Waals surface area contributed by atoms with Crippen LogP contribution in [0.15, 0.2) is 5.11 Å². The summed E-state index contributed by atoms with van der Waals surface area (Å²) in [5, 5.41) is 3.24. The van der Waals surface area contributed by atoms with Crippen molar-refractivity contribution in [1.29, 1.82) is 0 Å². The molecule has 6 nitrogen and oxygen atoms in total. The van der Waals surface area contributed by atoms with E-state index in [1.807, 2.05) is 5.43 Å². The van der Waals surface area contributed by atoms with E-state index in [1.165, 1.54) is 0 Å². The van der Waals surface area contributed by atoms with Gasteiger partial charge in [-0.2, -0.15) is 0 Å². The molecule has 0 aromatic carbocycles. The first-order valence-corrected chi connectivity index (χ1v) is 2.81. The van der Waals surface area contributed by atoms with Crippen LogP contribution in [0.3, 0.4) is 0 Å². The molecule has 0 saturated carbocycles. The molecule has 0 radical (unpaired) electrons. The maximum absolute atomic E-state index is 10.4. The smallest absolute Gasteiger partial charge is 0.233 e. The van der Waals surface area contributed by atoms with Crippen LogP contribution in [0.25, 0.3) is 10.4 Å². The van der Waals surface area contributed by atoms with Gasteiger partial charge in [-0.1, -0.05) is 5.11 Å². The number of carbonyl (C=O) groups excluding carboxylic acids is 1. The molecule has 0 aliphatic heterocycles. The molecule has 10 heavy (non-hydrogen) atoms. The second-order valence-electron chi connectivity index (χ2n) is 1.63. The number of azide groups is 1. The van der Waals surface area contributed by atoms with E-state index < -0.39 is 0 Å². The Bertz CT molecular complexity index is 150. The Hall–Kier alpha value is -1.26. The minimum absolute atomic E-state index is 0.242. The van der Waals surface area contributed by atoms with Gasteiger partial charge in [0.2, 0.25) is 5.91 Å². The summed E-state index contributed by atoms with van der Waals surface area (Å²) < 4.78 is 0. The molecular weight excluding hydrogens is 134 g/mol. The molecule has 0 atom stereocenters. The van der Waals surface area contributed by atoms with Crippen molar-refractivity contribution in [1.82, 2.24) is 5.43 Å². The maximum atomic E-state index is 10.4. The summed E-state index contributed by atoms with van der Waals surface area (Å²) in [4.78, 5) is 12.9. The Morgan fingerprint density at radius 1 is 1.80 bits per heavy atom. The van der Waals surface area contributed by atoms with Crippen LogP contribution in [0, 0.1) is 0 Å². The van der Waals surface area contributed by atoms with E-state index in [9.17, 15) is 4.79 Å². The van der Waals surface area contributed by atoms with Crippen LogP contribution in [0.1, 0.15) is 12.8 Å². The molecule has 0 spiro atoms. The Balaban J connectivity index is 3.19. The van der Waals surface area contributed by atoms with Crippen LogP contribution in [0.4, 0.5) is 0 Å². The topological polar surface area (TPSA) is 104 Å². The Labute approximate surface area is 58.0 Å². The highest BCUT2D eigenvalue weighted by molar-refractivity contribution is 5.75. The number of nitrogens with zero attached hydrogens (tertiary/aromatic N) is 3. The van der Waals surface area contributed by atoms with Crippen molar-refractivity contribution in [2.75, 3.05) is 6.54 Å². The van der Waals surface area contributed by atoms with Crippen molar-refractivity contribution in [3.63, 3.8) is 0 Å². The summed E-state index contributed by atoms with van der Waals surface area (Å²) in [5.41, 5.74) is 9.79. The average molecular weight is 143 g/mol. The molecule has 0 heterocycles. The first kappa shape index (κ1) is 8.74. The molecular formula is C4H9N5O. The van der Waals surface area contributed by atoms with E-state index in [0.717, 1.165) is 0 Å². The fraction of sp³-hybridized carbons (Fsp3) is 0.750. The zero-order chi connectivity index (χ0) is 7.82. The molecule has 0 aromatic rings. The highest BCUT2D eigenvalue weighted by Crippen LogP contribution is 1.88. The SMILES string of the molecule is [N-]=[N+]=NCCCC(=O)NN. The molecule has 0 rings (SSSR count). The number of hydrogen-bond donors (Lipinski definition) is 2. The van der Waals surface area contributed by atoms with Crippen molar-refractivity contribution in [3.05, 3.63) is 10.4 Å². The van der Waals surface area contributed by atoms with E-state index in [-0.39, 0.29) is 5.91 Å². The van der Waals surface area contributed by atoms with Gasteiger partial charge in [-0.3, -0.25) is 10.2 Å². The molecule has 1 amide bonds. The van der Waals surface area contributed by atoms with E-state index in [2.05, 4.69) is 10.0 Å².